The zero-order valence-electron chi connectivity index (χ0n) is 21.5. The quantitative estimate of drug-likeness (QED) is 0.453. The molecule has 206 valence electrons. The first-order valence-corrected chi connectivity index (χ1v) is 15.4. The lowest BCUT2D eigenvalue weighted by Crippen LogP contribution is -2.63. The Morgan fingerprint density at radius 2 is 1.87 bits per heavy atom. The lowest BCUT2D eigenvalue weighted by atomic mass is 10.0. The number of carbonyl (C=O) groups excluding carboxylic acids is 2. The number of thiophene rings is 1. The molecule has 4 rings (SSSR count). The average Bonchev–Trinajstić information content (AvgIpc) is 3.61. The van der Waals surface area contributed by atoms with E-state index in [4.69, 9.17) is 0 Å². The number of hydrogen-bond donors (Lipinski definition) is 2. The molecule has 1 saturated carbocycles. The second-order valence-corrected chi connectivity index (χ2v) is 13.2. The molecule has 0 spiro atoms. The third kappa shape index (κ3) is 6.62. The van der Waals surface area contributed by atoms with E-state index in [1.54, 1.807) is 29.6 Å². The van der Waals surface area contributed by atoms with Crippen molar-refractivity contribution < 1.29 is 27.9 Å². The lowest BCUT2D eigenvalue weighted by molar-refractivity contribution is -0.148. The van der Waals surface area contributed by atoms with Gasteiger partial charge in [0.2, 0.25) is 5.91 Å². The fourth-order valence-corrected chi connectivity index (χ4v) is 8.15. The van der Waals surface area contributed by atoms with Crippen LogP contribution < -0.4 is 5.32 Å². The molecule has 11 heteroatoms. The Kier molecular flexibility index (Phi) is 9.22. The first-order chi connectivity index (χ1) is 18.2. The summed E-state index contributed by atoms with van der Waals surface area (Å²) in [6.07, 6.45) is 4.08. The second-order valence-electron chi connectivity index (χ2n) is 10.1. The topological polar surface area (TPSA) is 124 Å². The smallest absolute Gasteiger partial charge is 0.305 e. The number of nitrogens with zero attached hydrogens (tertiary/aromatic N) is 2. The van der Waals surface area contributed by atoms with Crippen molar-refractivity contribution in [3.8, 4) is 0 Å². The van der Waals surface area contributed by atoms with Crippen molar-refractivity contribution in [2.75, 3.05) is 13.1 Å². The first kappa shape index (κ1) is 28.3. The molecule has 2 atom stereocenters. The largest absolute Gasteiger partial charge is 0.481 e. The van der Waals surface area contributed by atoms with Crippen molar-refractivity contribution in [2.45, 2.75) is 74.7 Å². The van der Waals surface area contributed by atoms with Gasteiger partial charge < -0.3 is 15.3 Å². The van der Waals surface area contributed by atoms with Gasteiger partial charge in [0.25, 0.3) is 15.9 Å². The molecule has 2 N–H and O–H groups in total. The molecule has 38 heavy (non-hydrogen) atoms. The molecule has 1 aliphatic carbocycles. The number of aliphatic carboxylic acids is 1. The zero-order valence-corrected chi connectivity index (χ0v) is 23.2. The van der Waals surface area contributed by atoms with Crippen LogP contribution in [0.5, 0.6) is 0 Å². The highest BCUT2D eigenvalue weighted by atomic mass is 32.2. The van der Waals surface area contributed by atoms with Crippen LogP contribution in [0.2, 0.25) is 0 Å². The minimum Gasteiger partial charge on any atom is -0.481 e. The van der Waals surface area contributed by atoms with Crippen LogP contribution in [-0.4, -0.2) is 59.8 Å². The Morgan fingerprint density at radius 1 is 1.11 bits per heavy atom. The lowest BCUT2D eigenvalue weighted by Gasteiger charge is -2.42. The predicted molar refractivity (Wildman–Crippen MR) is 144 cm³/mol. The summed E-state index contributed by atoms with van der Waals surface area (Å²) >= 11 is 1.05. The number of hydrogen-bond acceptors (Lipinski definition) is 6. The van der Waals surface area contributed by atoms with E-state index in [2.05, 4.69) is 5.32 Å². The molecular weight excluding hydrogens is 526 g/mol. The van der Waals surface area contributed by atoms with Gasteiger partial charge in [-0.15, -0.1) is 11.3 Å². The van der Waals surface area contributed by atoms with Gasteiger partial charge in [-0.25, -0.2) is 8.42 Å². The minimum atomic E-state index is -4.06. The standard InChI is InChI=1S/C27H35N3O6S2/c1-19-7-4-10-21(17-19)22(18-24(32)33)28-26(34)27-29(23(31)13-12-20-8-2-3-9-20)14-6-15-30(27)38(35,36)25-11-5-16-37-25/h4-5,7,10-11,16-17,20,22,27H,2-3,6,8-9,12-15,18H2,1H3,(H,28,34)(H,32,33). The van der Waals surface area contributed by atoms with Gasteiger partial charge >= 0.3 is 5.97 Å². The van der Waals surface area contributed by atoms with Gasteiger partial charge in [-0.3, -0.25) is 14.4 Å². The molecule has 1 aromatic heterocycles. The van der Waals surface area contributed by atoms with Crippen LogP contribution >= 0.6 is 11.3 Å². The molecule has 1 aliphatic heterocycles. The molecule has 2 unspecified atom stereocenters. The normalized spacial score (nSPS) is 19.8. The van der Waals surface area contributed by atoms with Crippen LogP contribution in [0.1, 0.15) is 68.5 Å². The Balaban J connectivity index is 1.64. The predicted octanol–water partition coefficient (Wildman–Crippen LogP) is 3.91. The van der Waals surface area contributed by atoms with E-state index in [1.165, 1.54) is 11.0 Å². The number of carboxylic acid groups (broad SMARTS) is 1. The number of benzene rings is 1. The van der Waals surface area contributed by atoms with Gasteiger partial charge in [0, 0.05) is 19.5 Å². The summed E-state index contributed by atoms with van der Waals surface area (Å²) in [6, 6.07) is 9.38. The highest BCUT2D eigenvalue weighted by molar-refractivity contribution is 7.91. The summed E-state index contributed by atoms with van der Waals surface area (Å²) < 4.78 is 28.4. The molecule has 2 amide bonds. The Bertz CT molecular complexity index is 1240. The number of nitrogens with one attached hydrogen (secondary N) is 1. The Hall–Kier alpha value is -2.76. The highest BCUT2D eigenvalue weighted by Gasteiger charge is 2.45. The van der Waals surface area contributed by atoms with Crippen LogP contribution in [-0.2, 0) is 24.4 Å². The fourth-order valence-electron chi connectivity index (χ4n) is 5.44. The van der Waals surface area contributed by atoms with Crippen LogP contribution in [0, 0.1) is 12.8 Å². The van der Waals surface area contributed by atoms with Gasteiger partial charge in [0.1, 0.15) is 4.21 Å². The third-order valence-electron chi connectivity index (χ3n) is 7.34. The number of rotatable bonds is 10. The van der Waals surface area contributed by atoms with Gasteiger partial charge in [-0.05, 0) is 42.7 Å². The molecule has 2 fully saturated rings. The number of sulfonamides is 1. The summed E-state index contributed by atoms with van der Waals surface area (Å²) in [7, 11) is -4.06. The van der Waals surface area contributed by atoms with Crippen molar-refractivity contribution in [2.24, 2.45) is 5.92 Å². The van der Waals surface area contributed by atoms with E-state index in [-0.39, 0.29) is 36.0 Å². The fraction of sp³-hybridized carbons (Fsp3) is 0.519. The van der Waals surface area contributed by atoms with Gasteiger partial charge in [-0.2, -0.15) is 4.31 Å². The number of amides is 2. The third-order valence-corrected chi connectivity index (χ3v) is 10.6. The molecule has 0 bridgehead atoms. The second kappa shape index (κ2) is 12.4. The van der Waals surface area contributed by atoms with E-state index in [0.717, 1.165) is 46.9 Å². The van der Waals surface area contributed by atoms with E-state index < -0.39 is 34.1 Å². The molecule has 2 aromatic rings. The first-order valence-electron chi connectivity index (χ1n) is 13.1. The van der Waals surface area contributed by atoms with Crippen LogP contribution in [0.15, 0.2) is 46.0 Å². The number of carboxylic acids is 1. The Morgan fingerprint density at radius 3 is 2.53 bits per heavy atom. The molecular formula is C27H35N3O6S2. The number of carbonyl (C=O) groups is 3. The minimum absolute atomic E-state index is 0.0821. The zero-order chi connectivity index (χ0) is 27.3. The van der Waals surface area contributed by atoms with E-state index in [9.17, 15) is 27.9 Å². The SMILES string of the molecule is Cc1cccc(C(CC(=O)O)NC(=O)C2N(C(=O)CCC3CCCC3)CCCN2S(=O)(=O)c2cccs2)c1. The van der Waals surface area contributed by atoms with Crippen molar-refractivity contribution >= 4 is 39.1 Å². The van der Waals surface area contributed by atoms with Crippen molar-refractivity contribution in [1.82, 2.24) is 14.5 Å². The van der Waals surface area contributed by atoms with Crippen molar-refractivity contribution in [3.63, 3.8) is 0 Å². The van der Waals surface area contributed by atoms with Crippen LogP contribution in [0.3, 0.4) is 0 Å². The summed E-state index contributed by atoms with van der Waals surface area (Å²) in [6.45, 7) is 2.20. The van der Waals surface area contributed by atoms with E-state index in [0.29, 0.717) is 24.3 Å². The molecule has 0 radical (unpaired) electrons. The molecule has 2 aliphatic rings. The molecule has 1 aromatic carbocycles. The summed E-state index contributed by atoms with van der Waals surface area (Å²) in [5.41, 5.74) is 1.50. The summed E-state index contributed by atoms with van der Waals surface area (Å²) in [5, 5.41) is 14.0. The summed E-state index contributed by atoms with van der Waals surface area (Å²) in [5.74, 6) is -1.59. The van der Waals surface area contributed by atoms with Crippen molar-refractivity contribution in [3.05, 3.63) is 52.9 Å². The van der Waals surface area contributed by atoms with Crippen molar-refractivity contribution in [1.29, 1.82) is 0 Å². The van der Waals surface area contributed by atoms with E-state index >= 15 is 0 Å². The van der Waals surface area contributed by atoms with Gasteiger partial charge in [-0.1, -0.05) is 61.6 Å². The molecule has 1 saturated heterocycles. The monoisotopic (exact) mass is 561 g/mol. The number of aryl methyl sites for hydroxylation is 1. The maximum absolute atomic E-state index is 13.8. The average molecular weight is 562 g/mol. The molecule has 2 heterocycles. The maximum atomic E-state index is 13.8. The van der Waals surface area contributed by atoms with E-state index in [1.807, 2.05) is 13.0 Å². The Labute approximate surface area is 227 Å². The van der Waals surface area contributed by atoms with Gasteiger partial charge in [0.15, 0.2) is 6.17 Å². The van der Waals surface area contributed by atoms with Crippen LogP contribution in [0.25, 0.3) is 0 Å². The highest BCUT2D eigenvalue weighted by Crippen LogP contribution is 2.31. The van der Waals surface area contributed by atoms with Gasteiger partial charge in [0.05, 0.1) is 12.5 Å². The maximum Gasteiger partial charge on any atom is 0.305 e. The molecule has 9 nitrogen and oxygen atoms in total. The van der Waals surface area contributed by atoms with Crippen LogP contribution in [0.4, 0.5) is 0 Å². The summed E-state index contributed by atoms with van der Waals surface area (Å²) in [4.78, 5) is 40.3.